The van der Waals surface area contributed by atoms with E-state index in [4.69, 9.17) is 14.6 Å². The molecule has 2 N–H and O–H groups in total. The van der Waals surface area contributed by atoms with Gasteiger partial charge in [0.25, 0.3) is 0 Å². The number of nitrogens with zero attached hydrogens (tertiary/aromatic N) is 1. The van der Waals surface area contributed by atoms with Crippen LogP contribution in [0.5, 0.6) is 0 Å². The molecule has 2 aromatic rings. The Morgan fingerprint density at radius 3 is 2.55 bits per heavy atom. The molecule has 0 fully saturated rings. The number of fused-ring (bicyclic) bond motifs is 1. The molecule has 0 saturated heterocycles. The summed E-state index contributed by atoms with van der Waals surface area (Å²) < 4.78 is 5.26. The summed E-state index contributed by atoms with van der Waals surface area (Å²) in [5.74, 6) is -3.80. The highest BCUT2D eigenvalue weighted by molar-refractivity contribution is 7.96. The van der Waals surface area contributed by atoms with Crippen molar-refractivity contribution in [2.75, 3.05) is 0 Å². The highest BCUT2D eigenvalue weighted by Crippen LogP contribution is 2.25. The molecule has 1 heterocycles. The zero-order valence-corrected chi connectivity index (χ0v) is 10.8. The van der Waals surface area contributed by atoms with Gasteiger partial charge in [0.05, 0.1) is 5.56 Å². The number of rotatable bonds is 5. The van der Waals surface area contributed by atoms with Crippen LogP contribution < -0.4 is 0 Å². The normalized spacial score (nSPS) is 12.2. The summed E-state index contributed by atoms with van der Waals surface area (Å²) in [6.07, 6.45) is -0.364. The average molecular weight is 295 g/mol. The van der Waals surface area contributed by atoms with E-state index in [-0.39, 0.29) is 29.0 Å². The number of carbonyl (C=O) groups is 3. The van der Waals surface area contributed by atoms with Gasteiger partial charge >= 0.3 is 11.9 Å². The smallest absolute Gasteiger partial charge is 0.335 e. The van der Waals surface area contributed by atoms with Crippen LogP contribution in [0.15, 0.2) is 22.6 Å². The molecule has 7 nitrogen and oxygen atoms in total. The van der Waals surface area contributed by atoms with Crippen LogP contribution in [0.25, 0.3) is 11.1 Å². The van der Waals surface area contributed by atoms with E-state index >= 15 is 0 Å². The van der Waals surface area contributed by atoms with Gasteiger partial charge < -0.3 is 14.6 Å². The Hall–Kier alpha value is -2.35. The number of oxazole rings is 1. The fourth-order valence-electron chi connectivity index (χ4n) is 1.68. The number of aliphatic carboxylic acids is 1. The highest BCUT2D eigenvalue weighted by atomic mass is 32.1. The fourth-order valence-corrected chi connectivity index (χ4v) is 1.86. The number of aromatic carboxylic acids is 1. The second-order valence-electron chi connectivity index (χ2n) is 4.03. The van der Waals surface area contributed by atoms with Crippen molar-refractivity contribution in [1.82, 2.24) is 4.98 Å². The van der Waals surface area contributed by atoms with Gasteiger partial charge in [-0.1, -0.05) is 0 Å². The molecule has 0 aliphatic carbocycles. The lowest BCUT2D eigenvalue weighted by Crippen LogP contribution is -2.14. The monoisotopic (exact) mass is 295 g/mol. The number of carboxylic acid groups (broad SMARTS) is 2. The first-order chi connectivity index (χ1) is 9.38. The van der Waals surface area contributed by atoms with Gasteiger partial charge in [-0.15, -0.1) is 12.6 Å². The lowest BCUT2D eigenvalue weighted by molar-refractivity contribution is -0.140. The Morgan fingerprint density at radius 2 is 2.00 bits per heavy atom. The number of benzene rings is 1. The van der Waals surface area contributed by atoms with E-state index in [0.717, 1.165) is 0 Å². The zero-order chi connectivity index (χ0) is 14.9. The second-order valence-corrected chi connectivity index (χ2v) is 4.53. The topological polar surface area (TPSA) is 118 Å². The quantitative estimate of drug-likeness (QED) is 0.716. The summed E-state index contributed by atoms with van der Waals surface area (Å²) in [5.41, 5.74) is 0.482. The first kappa shape index (κ1) is 14.1. The van der Waals surface area contributed by atoms with Crippen LogP contribution in [-0.4, -0.2) is 32.3 Å². The number of hydrogen-bond donors (Lipinski definition) is 3. The number of thiol groups is 1. The minimum absolute atomic E-state index is 0.00879. The summed E-state index contributed by atoms with van der Waals surface area (Å²) in [6, 6.07) is 3.97. The van der Waals surface area contributed by atoms with Gasteiger partial charge in [-0.3, -0.25) is 9.59 Å². The van der Waals surface area contributed by atoms with Crippen LogP contribution in [-0.2, 0) is 9.59 Å². The van der Waals surface area contributed by atoms with Crippen LogP contribution >= 0.6 is 12.6 Å². The molecule has 1 aromatic heterocycles. The van der Waals surface area contributed by atoms with Crippen molar-refractivity contribution in [2.24, 2.45) is 0 Å². The number of hydrogen-bond acceptors (Lipinski definition) is 5. The molecule has 104 valence electrons. The molecule has 0 saturated carbocycles. The Bertz CT molecular complexity index is 707. The maximum Gasteiger partial charge on any atom is 0.335 e. The standard InChI is InChI=1S/C12H9NO6S/c14-9(20)4-6(12(17)18)10-13-7-3-5(11(15)16)1-2-8(7)19-10/h1-3,6H,4H2,(H,14,20)(H,15,16)(H,17,18). The van der Waals surface area contributed by atoms with Gasteiger partial charge in [0, 0.05) is 6.42 Å². The summed E-state index contributed by atoms with van der Waals surface area (Å²) in [7, 11) is 0. The maximum atomic E-state index is 11.1. The molecule has 0 bridgehead atoms. The molecule has 0 aliphatic heterocycles. The van der Waals surface area contributed by atoms with Crippen molar-refractivity contribution in [3.8, 4) is 0 Å². The molecule has 0 aliphatic rings. The molecular formula is C12H9NO6S. The summed E-state index contributed by atoms with van der Waals surface area (Å²) in [5, 5.41) is 17.3. The third-order valence-corrected chi connectivity index (χ3v) is 2.81. The van der Waals surface area contributed by atoms with Gasteiger partial charge in [0.15, 0.2) is 10.7 Å². The van der Waals surface area contributed by atoms with E-state index in [0.29, 0.717) is 0 Å². The minimum atomic E-state index is -1.27. The van der Waals surface area contributed by atoms with Crippen LogP contribution in [0.2, 0.25) is 0 Å². The predicted octanol–water partition coefficient (Wildman–Crippen LogP) is 1.54. The Morgan fingerprint density at radius 1 is 1.30 bits per heavy atom. The predicted molar refractivity (Wildman–Crippen MR) is 70.0 cm³/mol. The summed E-state index contributed by atoms with van der Waals surface area (Å²) >= 11 is 3.54. The molecule has 1 atom stereocenters. The molecule has 0 amide bonds. The van der Waals surface area contributed by atoms with Gasteiger partial charge in [-0.25, -0.2) is 9.78 Å². The molecular weight excluding hydrogens is 286 g/mol. The first-order valence-electron chi connectivity index (χ1n) is 5.47. The molecule has 2 rings (SSSR count). The SMILES string of the molecule is O=C(S)CC(C(=O)O)c1nc2cc(C(=O)O)ccc2o1. The highest BCUT2D eigenvalue weighted by Gasteiger charge is 2.27. The van der Waals surface area contributed by atoms with Crippen molar-refractivity contribution in [3.05, 3.63) is 29.7 Å². The van der Waals surface area contributed by atoms with Crippen LogP contribution in [0.3, 0.4) is 0 Å². The lowest BCUT2D eigenvalue weighted by atomic mass is 10.1. The number of carboxylic acids is 2. The third kappa shape index (κ3) is 2.80. The molecule has 0 spiro atoms. The lowest BCUT2D eigenvalue weighted by Gasteiger charge is -2.04. The van der Waals surface area contributed by atoms with Crippen molar-refractivity contribution < 1.29 is 29.0 Å². The Kier molecular flexibility index (Phi) is 3.75. The van der Waals surface area contributed by atoms with Crippen LogP contribution in [0.4, 0.5) is 0 Å². The largest absolute Gasteiger partial charge is 0.481 e. The molecule has 0 radical (unpaired) electrons. The second kappa shape index (κ2) is 5.33. The number of carbonyl (C=O) groups excluding carboxylic acids is 1. The van der Waals surface area contributed by atoms with E-state index in [1.807, 2.05) is 0 Å². The molecule has 1 unspecified atom stereocenters. The van der Waals surface area contributed by atoms with E-state index < -0.39 is 23.0 Å². The van der Waals surface area contributed by atoms with E-state index in [9.17, 15) is 14.4 Å². The van der Waals surface area contributed by atoms with Crippen molar-refractivity contribution >= 4 is 40.8 Å². The Labute approximate surface area is 117 Å². The third-order valence-electron chi connectivity index (χ3n) is 2.63. The van der Waals surface area contributed by atoms with Gasteiger partial charge in [0.1, 0.15) is 11.4 Å². The fraction of sp³-hybridized carbons (Fsp3) is 0.167. The summed E-state index contributed by atoms with van der Waals surface area (Å²) in [4.78, 5) is 36.8. The summed E-state index contributed by atoms with van der Waals surface area (Å²) in [6.45, 7) is 0. The molecule has 8 heteroatoms. The van der Waals surface area contributed by atoms with Gasteiger partial charge in [-0.2, -0.15) is 0 Å². The van der Waals surface area contributed by atoms with Crippen molar-refractivity contribution in [1.29, 1.82) is 0 Å². The molecule has 20 heavy (non-hydrogen) atoms. The van der Waals surface area contributed by atoms with E-state index in [1.54, 1.807) is 0 Å². The number of aromatic nitrogens is 1. The minimum Gasteiger partial charge on any atom is -0.481 e. The van der Waals surface area contributed by atoms with Gasteiger partial charge in [-0.05, 0) is 18.2 Å². The van der Waals surface area contributed by atoms with Crippen LogP contribution in [0.1, 0.15) is 28.6 Å². The van der Waals surface area contributed by atoms with E-state index in [1.165, 1.54) is 18.2 Å². The average Bonchev–Trinajstić information content (AvgIpc) is 2.77. The van der Waals surface area contributed by atoms with E-state index in [2.05, 4.69) is 17.6 Å². The maximum absolute atomic E-state index is 11.1. The van der Waals surface area contributed by atoms with Gasteiger partial charge in [0.2, 0.25) is 5.89 Å². The Balaban J connectivity index is 2.46. The zero-order valence-electron chi connectivity index (χ0n) is 9.94. The van der Waals surface area contributed by atoms with Crippen molar-refractivity contribution in [3.63, 3.8) is 0 Å². The van der Waals surface area contributed by atoms with Crippen LogP contribution in [0, 0.1) is 0 Å². The molecule has 1 aromatic carbocycles. The van der Waals surface area contributed by atoms with Crippen molar-refractivity contribution in [2.45, 2.75) is 12.3 Å². The first-order valence-corrected chi connectivity index (χ1v) is 5.91.